The number of nitrogens with zero attached hydrogens (tertiary/aromatic N) is 1. The van der Waals surface area contributed by atoms with Crippen LogP contribution in [0.1, 0.15) is 45.1 Å². The first-order chi connectivity index (χ1) is 9.39. The van der Waals surface area contributed by atoms with Gasteiger partial charge >= 0.3 is 0 Å². The average Bonchev–Trinajstić information content (AvgIpc) is 2.46. The zero-order chi connectivity index (χ0) is 14.8. The van der Waals surface area contributed by atoms with E-state index in [1.807, 2.05) is 31.7 Å². The van der Waals surface area contributed by atoms with Gasteiger partial charge in [0.2, 0.25) is 5.91 Å². The first-order valence-electron chi connectivity index (χ1n) is 7.49. The van der Waals surface area contributed by atoms with Gasteiger partial charge in [-0.3, -0.25) is 4.79 Å². The molecule has 2 rings (SSSR count). The van der Waals surface area contributed by atoms with Gasteiger partial charge in [0.15, 0.2) is 0 Å². The summed E-state index contributed by atoms with van der Waals surface area (Å²) in [4.78, 5) is 14.3. The smallest absolute Gasteiger partial charge is 0.240 e. The molecule has 1 fully saturated rings. The summed E-state index contributed by atoms with van der Waals surface area (Å²) in [5, 5.41) is 0. The number of amides is 1. The van der Waals surface area contributed by atoms with E-state index in [4.69, 9.17) is 5.73 Å². The van der Waals surface area contributed by atoms with Crippen molar-refractivity contribution < 1.29 is 4.79 Å². The maximum absolute atomic E-state index is 12.4. The van der Waals surface area contributed by atoms with Crippen LogP contribution < -0.4 is 5.73 Å². The van der Waals surface area contributed by atoms with Gasteiger partial charge in [-0.15, -0.1) is 0 Å². The highest BCUT2D eigenvalue weighted by molar-refractivity contribution is 5.82. The van der Waals surface area contributed by atoms with Crippen molar-refractivity contribution in [3.63, 3.8) is 0 Å². The minimum atomic E-state index is -0.407. The van der Waals surface area contributed by atoms with Crippen molar-refractivity contribution in [2.24, 2.45) is 11.1 Å². The lowest BCUT2D eigenvalue weighted by Crippen LogP contribution is -2.52. The third-order valence-corrected chi connectivity index (χ3v) is 4.28. The number of piperidine rings is 1. The number of benzene rings is 1. The molecule has 1 amide bonds. The second-order valence-electron chi connectivity index (χ2n) is 6.85. The number of nitrogens with two attached hydrogens (primary N) is 1. The molecule has 2 N–H and O–H groups in total. The molecule has 110 valence electrons. The Hall–Kier alpha value is -1.35. The SMILES string of the molecule is CC(C)(C)[C@@H](N)C(=O)N1CCC(c2ccccc2)CC1. The molecule has 0 aromatic heterocycles. The molecule has 1 aliphatic rings. The van der Waals surface area contributed by atoms with Gasteiger partial charge in [-0.2, -0.15) is 0 Å². The highest BCUT2D eigenvalue weighted by atomic mass is 16.2. The topological polar surface area (TPSA) is 46.3 Å². The Balaban J connectivity index is 1.93. The maximum Gasteiger partial charge on any atom is 0.240 e. The highest BCUT2D eigenvalue weighted by Gasteiger charge is 2.33. The van der Waals surface area contributed by atoms with E-state index in [9.17, 15) is 4.79 Å². The van der Waals surface area contributed by atoms with Crippen molar-refractivity contribution in [1.82, 2.24) is 4.90 Å². The quantitative estimate of drug-likeness (QED) is 0.901. The van der Waals surface area contributed by atoms with Gasteiger partial charge in [-0.05, 0) is 29.7 Å². The lowest BCUT2D eigenvalue weighted by atomic mass is 9.85. The monoisotopic (exact) mass is 274 g/mol. The van der Waals surface area contributed by atoms with Crippen LogP contribution in [0.3, 0.4) is 0 Å². The number of hydrogen-bond acceptors (Lipinski definition) is 2. The summed E-state index contributed by atoms with van der Waals surface area (Å²) in [5.41, 5.74) is 7.30. The van der Waals surface area contributed by atoms with E-state index < -0.39 is 6.04 Å². The van der Waals surface area contributed by atoms with Crippen LogP contribution in [0.4, 0.5) is 0 Å². The van der Waals surface area contributed by atoms with Crippen molar-refractivity contribution in [1.29, 1.82) is 0 Å². The Morgan fingerprint density at radius 3 is 2.25 bits per heavy atom. The second kappa shape index (κ2) is 5.96. The van der Waals surface area contributed by atoms with E-state index in [-0.39, 0.29) is 11.3 Å². The Bertz CT molecular complexity index is 442. The maximum atomic E-state index is 12.4. The summed E-state index contributed by atoms with van der Waals surface area (Å²) in [5.74, 6) is 0.676. The molecule has 3 nitrogen and oxygen atoms in total. The summed E-state index contributed by atoms with van der Waals surface area (Å²) in [6.45, 7) is 7.70. The van der Waals surface area contributed by atoms with Crippen molar-refractivity contribution >= 4 is 5.91 Å². The molecule has 0 bridgehead atoms. The molecule has 1 atom stereocenters. The highest BCUT2D eigenvalue weighted by Crippen LogP contribution is 2.29. The molecule has 1 aromatic carbocycles. The Morgan fingerprint density at radius 1 is 1.20 bits per heavy atom. The van der Waals surface area contributed by atoms with Gasteiger partial charge in [-0.25, -0.2) is 0 Å². The molecule has 0 spiro atoms. The minimum absolute atomic E-state index is 0.101. The predicted molar refractivity (Wildman–Crippen MR) is 82.4 cm³/mol. The fraction of sp³-hybridized carbons (Fsp3) is 0.588. The van der Waals surface area contributed by atoms with Gasteiger partial charge in [0.1, 0.15) is 0 Å². The zero-order valence-corrected chi connectivity index (χ0v) is 12.8. The fourth-order valence-electron chi connectivity index (χ4n) is 2.73. The van der Waals surface area contributed by atoms with E-state index >= 15 is 0 Å². The van der Waals surface area contributed by atoms with E-state index in [0.717, 1.165) is 25.9 Å². The summed E-state index contributed by atoms with van der Waals surface area (Å²) >= 11 is 0. The predicted octanol–water partition coefficient (Wildman–Crippen LogP) is 2.77. The second-order valence-corrected chi connectivity index (χ2v) is 6.85. The molecule has 0 radical (unpaired) electrons. The molecule has 3 heteroatoms. The Kier molecular flexibility index (Phi) is 4.48. The van der Waals surface area contributed by atoms with E-state index in [0.29, 0.717) is 5.92 Å². The standard InChI is InChI=1S/C17H26N2O/c1-17(2,3)15(18)16(20)19-11-9-14(10-12-19)13-7-5-4-6-8-13/h4-8,14-15H,9-12,18H2,1-3H3/t15-/m0/s1. The number of hydrogen-bond donors (Lipinski definition) is 1. The molecule has 0 unspecified atom stereocenters. The molecular weight excluding hydrogens is 248 g/mol. The molecule has 0 saturated carbocycles. The number of rotatable bonds is 2. The lowest BCUT2D eigenvalue weighted by Gasteiger charge is -2.36. The van der Waals surface area contributed by atoms with Gasteiger partial charge in [0.25, 0.3) is 0 Å². The third kappa shape index (κ3) is 3.40. The Morgan fingerprint density at radius 2 is 1.75 bits per heavy atom. The van der Waals surface area contributed by atoms with Gasteiger partial charge < -0.3 is 10.6 Å². The first kappa shape index (κ1) is 15.0. The molecule has 1 heterocycles. The van der Waals surface area contributed by atoms with E-state index in [1.54, 1.807) is 0 Å². The van der Waals surface area contributed by atoms with Crippen molar-refractivity contribution in [2.45, 2.75) is 45.6 Å². The fourth-order valence-corrected chi connectivity index (χ4v) is 2.73. The van der Waals surface area contributed by atoms with Crippen LogP contribution in [0.5, 0.6) is 0 Å². The number of likely N-dealkylation sites (tertiary alicyclic amines) is 1. The van der Waals surface area contributed by atoms with Gasteiger partial charge in [-0.1, -0.05) is 51.1 Å². The van der Waals surface area contributed by atoms with Crippen molar-refractivity contribution in [3.8, 4) is 0 Å². The summed E-state index contributed by atoms with van der Waals surface area (Å²) in [7, 11) is 0. The number of carbonyl (C=O) groups excluding carboxylic acids is 1. The van der Waals surface area contributed by atoms with Crippen LogP contribution in [-0.2, 0) is 4.79 Å². The first-order valence-corrected chi connectivity index (χ1v) is 7.49. The van der Waals surface area contributed by atoms with Crippen LogP contribution in [0, 0.1) is 5.41 Å². The van der Waals surface area contributed by atoms with Crippen LogP contribution in [0.15, 0.2) is 30.3 Å². The lowest BCUT2D eigenvalue weighted by molar-refractivity contribution is -0.136. The van der Waals surface area contributed by atoms with Crippen LogP contribution in [0.25, 0.3) is 0 Å². The van der Waals surface area contributed by atoms with Gasteiger partial charge in [0, 0.05) is 13.1 Å². The minimum Gasteiger partial charge on any atom is -0.341 e. The van der Waals surface area contributed by atoms with Crippen LogP contribution >= 0.6 is 0 Å². The normalized spacial score (nSPS) is 18.9. The third-order valence-electron chi connectivity index (χ3n) is 4.28. The van der Waals surface area contributed by atoms with Crippen molar-refractivity contribution in [3.05, 3.63) is 35.9 Å². The van der Waals surface area contributed by atoms with E-state index in [1.165, 1.54) is 5.56 Å². The molecular formula is C17H26N2O. The summed E-state index contributed by atoms with van der Waals surface area (Å²) in [6.07, 6.45) is 2.07. The van der Waals surface area contributed by atoms with Crippen molar-refractivity contribution in [2.75, 3.05) is 13.1 Å². The number of carbonyl (C=O) groups is 1. The van der Waals surface area contributed by atoms with Crippen LogP contribution in [0.2, 0.25) is 0 Å². The average molecular weight is 274 g/mol. The largest absolute Gasteiger partial charge is 0.341 e. The van der Waals surface area contributed by atoms with Crippen LogP contribution in [-0.4, -0.2) is 29.9 Å². The van der Waals surface area contributed by atoms with E-state index in [2.05, 4.69) is 24.3 Å². The molecule has 1 aromatic rings. The zero-order valence-electron chi connectivity index (χ0n) is 12.8. The summed E-state index contributed by atoms with van der Waals surface area (Å²) in [6, 6.07) is 10.2. The Labute approximate surface area is 122 Å². The molecule has 1 aliphatic heterocycles. The molecule has 0 aliphatic carbocycles. The van der Waals surface area contributed by atoms with Gasteiger partial charge in [0.05, 0.1) is 6.04 Å². The molecule has 20 heavy (non-hydrogen) atoms. The summed E-state index contributed by atoms with van der Waals surface area (Å²) < 4.78 is 0. The molecule has 1 saturated heterocycles.